The van der Waals surface area contributed by atoms with E-state index >= 15 is 0 Å². The van der Waals surface area contributed by atoms with Crippen LogP contribution in [0.3, 0.4) is 0 Å². The van der Waals surface area contributed by atoms with Crippen LogP contribution in [0.4, 0.5) is 4.39 Å². The van der Waals surface area contributed by atoms with Crippen LogP contribution in [-0.2, 0) is 0 Å². The van der Waals surface area contributed by atoms with Crippen LogP contribution in [0, 0.1) is 17.7 Å². The molecule has 19 heavy (non-hydrogen) atoms. The van der Waals surface area contributed by atoms with Gasteiger partial charge in [0.2, 0.25) is 0 Å². The largest absolute Gasteiger partial charge is 0.384 e. The van der Waals surface area contributed by atoms with Gasteiger partial charge in [-0.2, -0.15) is 0 Å². The van der Waals surface area contributed by atoms with Gasteiger partial charge >= 0.3 is 0 Å². The molecule has 1 atom stereocenters. The predicted octanol–water partition coefficient (Wildman–Crippen LogP) is 2.09. The molecule has 1 aromatic rings. The molecule has 0 fully saturated rings. The Morgan fingerprint density at radius 1 is 1.53 bits per heavy atom. The average molecular weight is 263 g/mol. The summed E-state index contributed by atoms with van der Waals surface area (Å²) in [5, 5.41) is 11.3. The van der Waals surface area contributed by atoms with Crippen molar-refractivity contribution in [1.82, 2.24) is 5.32 Å². The standard InChI is InChI=1S/C15H18FNO2/c1-3-5-11(2)17-15(19)13-8-7-12(6-4-9-18)10-14(13)16/h7-8,10-11,18H,3,5,9H2,1-2H3,(H,17,19). The molecule has 0 aliphatic heterocycles. The van der Waals surface area contributed by atoms with E-state index in [2.05, 4.69) is 17.2 Å². The molecule has 0 saturated heterocycles. The highest BCUT2D eigenvalue weighted by Crippen LogP contribution is 2.10. The van der Waals surface area contributed by atoms with Crippen molar-refractivity contribution in [3.63, 3.8) is 0 Å². The number of rotatable bonds is 4. The van der Waals surface area contributed by atoms with Crippen molar-refractivity contribution in [3.8, 4) is 11.8 Å². The van der Waals surface area contributed by atoms with Crippen molar-refractivity contribution < 1.29 is 14.3 Å². The van der Waals surface area contributed by atoms with E-state index < -0.39 is 11.7 Å². The normalized spacial score (nSPS) is 11.4. The summed E-state index contributed by atoms with van der Waals surface area (Å²) in [5.41, 5.74) is 0.446. The second kappa shape index (κ2) is 7.55. The molecule has 102 valence electrons. The van der Waals surface area contributed by atoms with E-state index in [4.69, 9.17) is 5.11 Å². The summed E-state index contributed by atoms with van der Waals surface area (Å²) in [6.07, 6.45) is 1.81. The van der Waals surface area contributed by atoms with Gasteiger partial charge in [0.05, 0.1) is 5.56 Å². The highest BCUT2D eigenvalue weighted by atomic mass is 19.1. The molecule has 0 aliphatic rings. The molecule has 0 spiro atoms. The Kier molecular flexibility index (Phi) is 6.04. The highest BCUT2D eigenvalue weighted by molar-refractivity contribution is 5.94. The quantitative estimate of drug-likeness (QED) is 0.817. The minimum Gasteiger partial charge on any atom is -0.384 e. The van der Waals surface area contributed by atoms with Crippen molar-refractivity contribution in [2.24, 2.45) is 0 Å². The minimum atomic E-state index is -0.606. The molecule has 0 aromatic heterocycles. The topological polar surface area (TPSA) is 49.3 Å². The van der Waals surface area contributed by atoms with Crippen LogP contribution in [-0.4, -0.2) is 23.7 Å². The van der Waals surface area contributed by atoms with E-state index in [1.165, 1.54) is 12.1 Å². The lowest BCUT2D eigenvalue weighted by Gasteiger charge is -2.13. The van der Waals surface area contributed by atoms with Crippen molar-refractivity contribution in [2.45, 2.75) is 32.7 Å². The lowest BCUT2D eigenvalue weighted by Crippen LogP contribution is -2.32. The smallest absolute Gasteiger partial charge is 0.254 e. The number of hydrogen-bond donors (Lipinski definition) is 2. The number of hydrogen-bond acceptors (Lipinski definition) is 2. The number of carbonyl (C=O) groups is 1. The lowest BCUT2D eigenvalue weighted by atomic mass is 10.1. The zero-order valence-electron chi connectivity index (χ0n) is 11.2. The molecular formula is C15H18FNO2. The van der Waals surface area contributed by atoms with Crippen molar-refractivity contribution in [3.05, 3.63) is 35.1 Å². The molecule has 3 nitrogen and oxygen atoms in total. The van der Waals surface area contributed by atoms with Crippen molar-refractivity contribution >= 4 is 5.91 Å². The number of aliphatic hydroxyl groups excluding tert-OH is 1. The second-order valence-corrected chi connectivity index (χ2v) is 4.32. The maximum absolute atomic E-state index is 13.8. The fourth-order valence-electron chi connectivity index (χ4n) is 1.73. The number of amides is 1. The molecule has 0 saturated carbocycles. The average Bonchev–Trinajstić information content (AvgIpc) is 2.36. The number of carbonyl (C=O) groups excluding carboxylic acids is 1. The SMILES string of the molecule is CCCC(C)NC(=O)c1ccc(C#CCO)cc1F. The number of nitrogens with one attached hydrogen (secondary N) is 1. The van der Waals surface area contributed by atoms with Gasteiger partial charge in [-0.1, -0.05) is 25.2 Å². The van der Waals surface area contributed by atoms with Crippen LogP contribution in [0.1, 0.15) is 42.6 Å². The van der Waals surface area contributed by atoms with Crippen LogP contribution in [0.2, 0.25) is 0 Å². The van der Waals surface area contributed by atoms with Gasteiger partial charge in [-0.3, -0.25) is 4.79 Å². The number of aliphatic hydroxyl groups is 1. The molecule has 1 amide bonds. The van der Waals surface area contributed by atoms with Crippen LogP contribution in [0.25, 0.3) is 0 Å². The molecule has 2 N–H and O–H groups in total. The summed E-state index contributed by atoms with van der Waals surface area (Å²) in [7, 11) is 0. The second-order valence-electron chi connectivity index (χ2n) is 4.32. The Labute approximate surface area is 112 Å². The van der Waals surface area contributed by atoms with Gasteiger partial charge in [-0.15, -0.1) is 0 Å². The fourth-order valence-corrected chi connectivity index (χ4v) is 1.73. The fraction of sp³-hybridized carbons (Fsp3) is 0.400. The molecule has 1 aromatic carbocycles. The van der Waals surface area contributed by atoms with Crippen LogP contribution < -0.4 is 5.32 Å². The first kappa shape index (κ1) is 15.2. The third-order valence-corrected chi connectivity index (χ3v) is 2.62. The van der Waals surface area contributed by atoms with Crippen LogP contribution in [0.5, 0.6) is 0 Å². The Balaban J connectivity index is 2.81. The molecule has 0 bridgehead atoms. The molecule has 0 aliphatic carbocycles. The lowest BCUT2D eigenvalue weighted by molar-refractivity contribution is 0.0934. The van der Waals surface area contributed by atoms with Gasteiger partial charge in [-0.05, 0) is 31.5 Å². The zero-order chi connectivity index (χ0) is 14.3. The Morgan fingerprint density at radius 2 is 2.26 bits per heavy atom. The van der Waals surface area contributed by atoms with Crippen molar-refractivity contribution in [1.29, 1.82) is 0 Å². The predicted molar refractivity (Wildman–Crippen MR) is 72.2 cm³/mol. The van der Waals surface area contributed by atoms with Gasteiger partial charge in [-0.25, -0.2) is 4.39 Å². The van der Waals surface area contributed by atoms with Gasteiger partial charge in [0.1, 0.15) is 12.4 Å². The van der Waals surface area contributed by atoms with E-state index in [1.807, 2.05) is 13.8 Å². The van der Waals surface area contributed by atoms with Gasteiger partial charge in [0, 0.05) is 11.6 Å². The Morgan fingerprint density at radius 3 is 2.84 bits per heavy atom. The van der Waals surface area contributed by atoms with Gasteiger partial charge in [0.25, 0.3) is 5.91 Å². The maximum atomic E-state index is 13.8. The van der Waals surface area contributed by atoms with Crippen LogP contribution in [0.15, 0.2) is 18.2 Å². The highest BCUT2D eigenvalue weighted by Gasteiger charge is 2.13. The third-order valence-electron chi connectivity index (χ3n) is 2.62. The molecular weight excluding hydrogens is 245 g/mol. The van der Waals surface area contributed by atoms with Gasteiger partial charge in [0.15, 0.2) is 0 Å². The number of halogens is 1. The zero-order valence-corrected chi connectivity index (χ0v) is 11.2. The first-order valence-corrected chi connectivity index (χ1v) is 6.28. The third kappa shape index (κ3) is 4.72. The monoisotopic (exact) mass is 263 g/mol. The van der Waals surface area contributed by atoms with E-state index in [1.54, 1.807) is 6.07 Å². The van der Waals surface area contributed by atoms with E-state index in [0.717, 1.165) is 12.8 Å². The first-order valence-electron chi connectivity index (χ1n) is 6.28. The van der Waals surface area contributed by atoms with E-state index in [0.29, 0.717) is 5.56 Å². The van der Waals surface area contributed by atoms with Crippen molar-refractivity contribution in [2.75, 3.05) is 6.61 Å². The first-order chi connectivity index (χ1) is 9.08. The minimum absolute atomic E-state index is 0.0116. The molecule has 4 heteroatoms. The summed E-state index contributed by atoms with van der Waals surface area (Å²) in [4.78, 5) is 11.8. The number of benzene rings is 1. The van der Waals surface area contributed by atoms with Crippen LogP contribution >= 0.6 is 0 Å². The molecule has 0 radical (unpaired) electrons. The summed E-state index contributed by atoms with van der Waals surface area (Å²) < 4.78 is 13.8. The summed E-state index contributed by atoms with van der Waals surface area (Å²) in [6, 6.07) is 4.18. The van der Waals surface area contributed by atoms with Gasteiger partial charge < -0.3 is 10.4 Å². The molecule has 0 heterocycles. The molecule has 1 unspecified atom stereocenters. The van der Waals surface area contributed by atoms with E-state index in [-0.39, 0.29) is 18.2 Å². The maximum Gasteiger partial charge on any atom is 0.254 e. The Bertz CT molecular complexity index is 503. The summed E-state index contributed by atoms with van der Waals surface area (Å²) >= 11 is 0. The Hall–Kier alpha value is -1.86. The summed E-state index contributed by atoms with van der Waals surface area (Å²) in [5.74, 6) is 4.00. The summed E-state index contributed by atoms with van der Waals surface area (Å²) in [6.45, 7) is 3.64. The molecule has 1 rings (SSSR count). The van der Waals surface area contributed by atoms with E-state index in [9.17, 15) is 9.18 Å².